The molecule has 1 N–H and O–H groups in total. The Kier molecular flexibility index (Phi) is 3.95. The number of carbonyl (C=O) groups is 1. The molecule has 134 valence electrons. The van der Waals surface area contributed by atoms with Crippen molar-refractivity contribution < 1.29 is 4.79 Å². The fourth-order valence-electron chi connectivity index (χ4n) is 4.81. The molecule has 0 saturated heterocycles. The monoisotopic (exact) mass is 331 g/mol. The van der Waals surface area contributed by atoms with Gasteiger partial charge in [-0.25, -0.2) is 9.97 Å². The van der Waals surface area contributed by atoms with Gasteiger partial charge in [0.1, 0.15) is 11.6 Å². The molecule has 0 spiro atoms. The van der Waals surface area contributed by atoms with Crippen LogP contribution in [0.2, 0.25) is 0 Å². The van der Waals surface area contributed by atoms with Gasteiger partial charge in [-0.2, -0.15) is 0 Å². The van der Waals surface area contributed by atoms with Crippen LogP contribution in [0.5, 0.6) is 0 Å². The standard InChI is InChI=1S/C20H33N3O/c1-13-21-11-14(12-24)15(22-13)23-20(10)18(6,7)16(2,3)17(4,5)19(20,8)9/h11-12H,1-10H3,(H,21,22,23). The van der Waals surface area contributed by atoms with Gasteiger partial charge in [-0.3, -0.25) is 4.79 Å². The molecule has 0 unspecified atom stereocenters. The number of nitrogens with zero attached hydrogens (tertiary/aromatic N) is 2. The van der Waals surface area contributed by atoms with Gasteiger partial charge in [0.2, 0.25) is 0 Å². The van der Waals surface area contributed by atoms with E-state index in [1.165, 1.54) is 0 Å². The molecule has 1 aromatic heterocycles. The van der Waals surface area contributed by atoms with Crippen molar-refractivity contribution in [2.45, 2.75) is 74.8 Å². The van der Waals surface area contributed by atoms with Crippen molar-refractivity contribution in [2.75, 3.05) is 5.32 Å². The normalized spacial score (nSPS) is 25.2. The lowest BCUT2D eigenvalue weighted by molar-refractivity contribution is 0.0135. The van der Waals surface area contributed by atoms with Gasteiger partial charge in [0.05, 0.1) is 5.56 Å². The number of aromatic nitrogens is 2. The maximum atomic E-state index is 11.5. The summed E-state index contributed by atoms with van der Waals surface area (Å²) in [5, 5.41) is 3.69. The number of nitrogens with one attached hydrogen (secondary N) is 1. The molecule has 0 aliphatic heterocycles. The molecule has 1 aromatic rings. The molecule has 0 aromatic carbocycles. The number of rotatable bonds is 3. The van der Waals surface area contributed by atoms with E-state index in [1.807, 2.05) is 6.92 Å². The number of hydrogen-bond donors (Lipinski definition) is 1. The highest BCUT2D eigenvalue weighted by molar-refractivity contribution is 5.82. The molecule has 1 aliphatic carbocycles. The second-order valence-corrected chi connectivity index (χ2v) is 9.59. The SMILES string of the molecule is Cc1ncc(C=O)c(NC2(C)C(C)(C)C(C)(C)C(C)(C)C2(C)C)n1. The largest absolute Gasteiger partial charge is 0.363 e. The van der Waals surface area contributed by atoms with E-state index in [1.54, 1.807) is 6.20 Å². The van der Waals surface area contributed by atoms with Crippen LogP contribution in [0, 0.1) is 28.6 Å². The van der Waals surface area contributed by atoms with E-state index >= 15 is 0 Å². The Morgan fingerprint density at radius 1 is 0.875 bits per heavy atom. The fraction of sp³-hybridized carbons (Fsp3) is 0.750. The fourth-order valence-corrected chi connectivity index (χ4v) is 4.81. The van der Waals surface area contributed by atoms with Gasteiger partial charge in [-0.1, -0.05) is 55.4 Å². The summed E-state index contributed by atoms with van der Waals surface area (Å²) in [4.78, 5) is 20.2. The Bertz CT molecular complexity index is 645. The summed E-state index contributed by atoms with van der Waals surface area (Å²) in [6.07, 6.45) is 2.43. The van der Waals surface area contributed by atoms with Crippen LogP contribution in [0.3, 0.4) is 0 Å². The summed E-state index contributed by atoms with van der Waals surface area (Å²) < 4.78 is 0. The molecule has 1 aliphatic rings. The maximum absolute atomic E-state index is 11.5. The van der Waals surface area contributed by atoms with Crippen LogP contribution in [0.1, 0.15) is 78.5 Å². The third kappa shape index (κ3) is 1.94. The highest BCUT2D eigenvalue weighted by atomic mass is 16.1. The van der Waals surface area contributed by atoms with Gasteiger partial charge >= 0.3 is 0 Å². The average Bonchev–Trinajstić information content (AvgIpc) is 2.50. The number of hydrogen-bond acceptors (Lipinski definition) is 4. The molecule has 0 atom stereocenters. The zero-order valence-electron chi connectivity index (χ0n) is 17.0. The summed E-state index contributed by atoms with van der Waals surface area (Å²) >= 11 is 0. The first-order valence-electron chi connectivity index (χ1n) is 8.74. The lowest BCUT2D eigenvalue weighted by Gasteiger charge is -2.50. The van der Waals surface area contributed by atoms with Crippen molar-refractivity contribution in [1.29, 1.82) is 0 Å². The zero-order chi connectivity index (χ0) is 18.8. The zero-order valence-corrected chi connectivity index (χ0v) is 17.0. The molecular weight excluding hydrogens is 298 g/mol. The van der Waals surface area contributed by atoms with E-state index in [0.717, 1.165) is 6.29 Å². The summed E-state index contributed by atoms with van der Waals surface area (Å²) in [5.74, 6) is 1.30. The lowest BCUT2D eigenvalue weighted by atomic mass is 9.57. The van der Waals surface area contributed by atoms with E-state index in [-0.39, 0.29) is 27.2 Å². The van der Waals surface area contributed by atoms with Gasteiger partial charge < -0.3 is 5.32 Å². The third-order valence-corrected chi connectivity index (χ3v) is 8.62. The molecule has 2 rings (SSSR count). The van der Waals surface area contributed by atoms with Crippen LogP contribution >= 0.6 is 0 Å². The van der Waals surface area contributed by atoms with Crippen LogP contribution in [-0.4, -0.2) is 21.8 Å². The van der Waals surface area contributed by atoms with Crippen LogP contribution in [0.15, 0.2) is 6.20 Å². The third-order valence-electron chi connectivity index (χ3n) is 8.62. The van der Waals surface area contributed by atoms with Crippen LogP contribution in [-0.2, 0) is 0 Å². The molecule has 0 radical (unpaired) electrons. The molecule has 4 nitrogen and oxygen atoms in total. The van der Waals surface area contributed by atoms with Gasteiger partial charge in [0.15, 0.2) is 6.29 Å². The van der Waals surface area contributed by atoms with Crippen molar-refractivity contribution >= 4 is 12.1 Å². The van der Waals surface area contributed by atoms with Gasteiger partial charge in [0.25, 0.3) is 0 Å². The van der Waals surface area contributed by atoms with Crippen molar-refractivity contribution in [3.05, 3.63) is 17.6 Å². The maximum Gasteiger partial charge on any atom is 0.155 e. The Balaban J connectivity index is 2.68. The lowest BCUT2D eigenvalue weighted by Crippen LogP contribution is -2.56. The quantitative estimate of drug-likeness (QED) is 0.801. The Labute approximate surface area is 146 Å². The highest BCUT2D eigenvalue weighted by Crippen LogP contribution is 2.74. The molecule has 1 heterocycles. The Hall–Kier alpha value is -1.45. The molecule has 0 bridgehead atoms. The smallest absolute Gasteiger partial charge is 0.155 e. The molecular formula is C20H33N3O. The Morgan fingerprint density at radius 3 is 1.75 bits per heavy atom. The number of carbonyl (C=O) groups excluding carboxylic acids is 1. The first kappa shape index (κ1) is 18.9. The summed E-state index contributed by atoms with van der Waals surface area (Å²) in [7, 11) is 0. The van der Waals surface area contributed by atoms with E-state index in [9.17, 15) is 4.79 Å². The molecule has 1 fully saturated rings. The molecule has 1 saturated carbocycles. The van der Waals surface area contributed by atoms with E-state index in [4.69, 9.17) is 0 Å². The topological polar surface area (TPSA) is 54.9 Å². The predicted octanol–water partition coefficient (Wildman–Crippen LogP) is 4.89. The number of aryl methyl sites for hydroxylation is 1. The summed E-state index contributed by atoms with van der Waals surface area (Å²) in [6, 6.07) is 0. The summed E-state index contributed by atoms with van der Waals surface area (Å²) in [5.41, 5.74) is 0.336. The highest BCUT2D eigenvalue weighted by Gasteiger charge is 2.73. The van der Waals surface area contributed by atoms with Crippen LogP contribution in [0.25, 0.3) is 0 Å². The predicted molar refractivity (Wildman–Crippen MR) is 99.3 cm³/mol. The average molecular weight is 332 g/mol. The van der Waals surface area contributed by atoms with Crippen LogP contribution < -0.4 is 5.32 Å². The van der Waals surface area contributed by atoms with E-state index in [2.05, 4.69) is 77.6 Å². The molecule has 4 heteroatoms. The minimum Gasteiger partial charge on any atom is -0.363 e. The van der Waals surface area contributed by atoms with Gasteiger partial charge in [0, 0.05) is 11.7 Å². The minimum atomic E-state index is -0.258. The van der Waals surface area contributed by atoms with Gasteiger partial charge in [-0.05, 0) is 35.5 Å². The first-order chi connectivity index (χ1) is 10.7. The second kappa shape index (κ2) is 5.03. The van der Waals surface area contributed by atoms with Gasteiger partial charge in [-0.15, -0.1) is 0 Å². The first-order valence-corrected chi connectivity index (χ1v) is 8.74. The number of aldehydes is 1. The minimum absolute atomic E-state index is 0.0357. The molecule has 0 amide bonds. The number of anilines is 1. The summed E-state index contributed by atoms with van der Waals surface area (Å²) in [6.45, 7) is 22.8. The van der Waals surface area contributed by atoms with Crippen molar-refractivity contribution in [2.24, 2.45) is 21.7 Å². The Morgan fingerprint density at radius 2 is 1.33 bits per heavy atom. The second-order valence-electron chi connectivity index (χ2n) is 9.59. The van der Waals surface area contributed by atoms with E-state index < -0.39 is 0 Å². The van der Waals surface area contributed by atoms with Crippen molar-refractivity contribution in [3.63, 3.8) is 0 Å². The van der Waals surface area contributed by atoms with Crippen molar-refractivity contribution in [3.8, 4) is 0 Å². The van der Waals surface area contributed by atoms with Crippen LogP contribution in [0.4, 0.5) is 5.82 Å². The van der Waals surface area contributed by atoms with E-state index in [0.29, 0.717) is 17.2 Å². The van der Waals surface area contributed by atoms with Crippen molar-refractivity contribution in [1.82, 2.24) is 9.97 Å². The molecule has 24 heavy (non-hydrogen) atoms.